The molecule has 0 radical (unpaired) electrons. The van der Waals surface area contributed by atoms with Crippen molar-refractivity contribution in [3.63, 3.8) is 0 Å². The first-order valence-corrected chi connectivity index (χ1v) is 13.5. The molecule has 0 spiro atoms. The Balaban J connectivity index is 3.77. The maximum atomic E-state index is 11.7. The Morgan fingerprint density at radius 1 is 0.733 bits per heavy atom. The van der Waals surface area contributed by atoms with Gasteiger partial charge in [-0.05, 0) is 57.8 Å². The predicted octanol–water partition coefficient (Wildman–Crippen LogP) is 6.15. The molecule has 1 unspecified atom stereocenters. The molecule has 1 atom stereocenters. The molecule has 3 N–H and O–H groups in total. The fourth-order valence-electron chi connectivity index (χ4n) is 3.62. The summed E-state index contributed by atoms with van der Waals surface area (Å²) in [4.78, 5) is 19.1. The van der Waals surface area contributed by atoms with E-state index in [1.807, 2.05) is 21.1 Å². The van der Waals surface area contributed by atoms with Gasteiger partial charge in [-0.25, -0.2) is 0 Å². The summed E-state index contributed by atoms with van der Waals surface area (Å²) >= 11 is 0. The highest BCUT2D eigenvalue weighted by Gasteiger charge is 2.48. The summed E-state index contributed by atoms with van der Waals surface area (Å²) in [5.74, 6) is 0. The molecule has 0 saturated heterocycles. The van der Waals surface area contributed by atoms with Crippen molar-refractivity contribution in [3.05, 3.63) is 24.3 Å². The molecule has 6 heteroatoms. The van der Waals surface area contributed by atoms with Crippen LogP contribution in [-0.4, -0.2) is 52.4 Å². The maximum absolute atomic E-state index is 11.7. The Labute approximate surface area is 186 Å². The molecule has 0 aromatic rings. The molecule has 0 aromatic carbocycles. The van der Waals surface area contributed by atoms with Crippen molar-refractivity contribution in [1.29, 1.82) is 0 Å². The lowest BCUT2D eigenvalue weighted by Gasteiger charge is -2.35. The highest BCUT2D eigenvalue weighted by molar-refractivity contribution is 7.53. The molecule has 0 aliphatic carbocycles. The fraction of sp³-hybridized carbons (Fsp3) is 0.833. The predicted molar refractivity (Wildman–Crippen MR) is 128 cm³/mol. The quantitative estimate of drug-likeness (QED) is 0.0962. The van der Waals surface area contributed by atoms with E-state index in [-0.39, 0.29) is 13.0 Å². The molecule has 0 fully saturated rings. The lowest BCUT2D eigenvalue weighted by Crippen LogP contribution is -2.49. The van der Waals surface area contributed by atoms with E-state index in [1.165, 1.54) is 64.2 Å². The largest absolute Gasteiger partial charge is 0.373 e. The highest BCUT2D eigenvalue weighted by Crippen LogP contribution is 2.52. The van der Waals surface area contributed by atoms with Gasteiger partial charge in [0.15, 0.2) is 0 Å². The number of nitrogens with zero attached hydrogens (tertiary/aromatic N) is 1. The van der Waals surface area contributed by atoms with Gasteiger partial charge in [-0.15, -0.1) is 0 Å². The van der Waals surface area contributed by atoms with E-state index in [2.05, 4.69) is 31.2 Å². The van der Waals surface area contributed by atoms with E-state index in [1.54, 1.807) is 0 Å². The highest BCUT2D eigenvalue weighted by atomic mass is 31.2. The first kappa shape index (κ1) is 29.5. The van der Waals surface area contributed by atoms with E-state index in [4.69, 9.17) is 0 Å². The maximum Gasteiger partial charge on any atom is 0.362 e. The molecule has 0 heterocycles. The summed E-state index contributed by atoms with van der Waals surface area (Å²) in [5, 5.41) is 8.56. The van der Waals surface area contributed by atoms with Gasteiger partial charge in [0.25, 0.3) is 0 Å². The van der Waals surface area contributed by atoms with Gasteiger partial charge in [0, 0.05) is 0 Å². The molecule has 0 bridgehead atoms. The molecule has 0 aliphatic heterocycles. The third-order valence-electron chi connectivity index (χ3n) is 5.27. The zero-order chi connectivity index (χ0) is 22.9. The van der Waals surface area contributed by atoms with E-state index < -0.39 is 12.9 Å². The first-order chi connectivity index (χ1) is 14.0. The number of hydrogen-bond acceptors (Lipinski definition) is 2. The second-order valence-electron chi connectivity index (χ2n) is 9.65. The number of allylic oxidation sites excluding steroid dienone is 4. The molecule has 30 heavy (non-hydrogen) atoms. The van der Waals surface area contributed by atoms with Crippen molar-refractivity contribution in [2.45, 2.75) is 102 Å². The van der Waals surface area contributed by atoms with Crippen LogP contribution in [0.25, 0.3) is 0 Å². The zero-order valence-electron chi connectivity index (χ0n) is 20.1. The zero-order valence-corrected chi connectivity index (χ0v) is 21.0. The van der Waals surface area contributed by atoms with Crippen molar-refractivity contribution in [2.75, 3.05) is 27.7 Å². The monoisotopic (exact) mass is 446 g/mol. The van der Waals surface area contributed by atoms with Crippen molar-refractivity contribution in [2.24, 2.45) is 0 Å². The SMILES string of the molecule is CCCCC/C=C\CCCCCCC/C=C\CCCC(O)(C[N+](C)(C)C)P(=O)(O)O. The lowest BCUT2D eigenvalue weighted by atomic mass is 10.1. The molecular weight excluding hydrogens is 397 g/mol. The van der Waals surface area contributed by atoms with Crippen LogP contribution in [0.4, 0.5) is 0 Å². The van der Waals surface area contributed by atoms with Crippen LogP contribution in [0, 0.1) is 0 Å². The minimum Gasteiger partial charge on any atom is -0.373 e. The Morgan fingerprint density at radius 2 is 1.13 bits per heavy atom. The van der Waals surface area contributed by atoms with Crippen LogP contribution in [0.3, 0.4) is 0 Å². The average molecular weight is 447 g/mol. The van der Waals surface area contributed by atoms with Gasteiger partial charge in [0.1, 0.15) is 6.54 Å². The van der Waals surface area contributed by atoms with Crippen LogP contribution >= 0.6 is 7.60 Å². The number of hydrogen-bond donors (Lipinski definition) is 3. The van der Waals surface area contributed by atoms with Gasteiger partial charge in [-0.1, -0.05) is 63.3 Å². The van der Waals surface area contributed by atoms with Gasteiger partial charge < -0.3 is 19.4 Å². The Hall–Kier alpha value is -0.450. The summed E-state index contributed by atoms with van der Waals surface area (Å²) in [5.41, 5.74) is 0. The number of likely N-dealkylation sites (N-methyl/N-ethyl adjacent to an activating group) is 1. The number of rotatable bonds is 19. The van der Waals surface area contributed by atoms with Crippen molar-refractivity contribution in [3.8, 4) is 0 Å². The summed E-state index contributed by atoms with van der Waals surface area (Å²) in [6, 6.07) is 0. The smallest absolute Gasteiger partial charge is 0.362 e. The molecular formula is C24H49NO4P+. The van der Waals surface area contributed by atoms with Crippen molar-refractivity contribution >= 4 is 7.60 Å². The van der Waals surface area contributed by atoms with Gasteiger partial charge in [0.05, 0.1) is 21.1 Å². The van der Waals surface area contributed by atoms with E-state index in [0.717, 1.165) is 12.8 Å². The summed E-state index contributed by atoms with van der Waals surface area (Å²) in [7, 11) is 0.912. The topological polar surface area (TPSA) is 77.8 Å². The first-order valence-electron chi connectivity index (χ1n) is 11.9. The fourth-order valence-corrected chi connectivity index (χ4v) is 4.68. The van der Waals surface area contributed by atoms with E-state index in [0.29, 0.717) is 10.9 Å². The van der Waals surface area contributed by atoms with Gasteiger partial charge in [-0.2, -0.15) is 0 Å². The second kappa shape index (κ2) is 16.2. The third kappa shape index (κ3) is 16.3. The normalized spacial score (nSPS) is 15.3. The van der Waals surface area contributed by atoms with Crippen LogP contribution in [0.2, 0.25) is 0 Å². The Kier molecular flexibility index (Phi) is 16.0. The molecule has 0 rings (SSSR count). The van der Waals surface area contributed by atoms with Crippen LogP contribution in [0.1, 0.15) is 96.8 Å². The molecule has 0 saturated carbocycles. The van der Waals surface area contributed by atoms with E-state index >= 15 is 0 Å². The summed E-state index contributed by atoms with van der Waals surface area (Å²) < 4.78 is 12.1. The number of aliphatic hydroxyl groups is 1. The Morgan fingerprint density at radius 3 is 1.53 bits per heavy atom. The number of quaternary nitrogens is 1. The molecule has 0 amide bonds. The summed E-state index contributed by atoms with van der Waals surface area (Å²) in [6.45, 7) is 2.28. The minimum absolute atomic E-state index is 0.0373. The van der Waals surface area contributed by atoms with Crippen LogP contribution < -0.4 is 0 Å². The van der Waals surface area contributed by atoms with Gasteiger partial charge >= 0.3 is 7.60 Å². The lowest BCUT2D eigenvalue weighted by molar-refractivity contribution is -0.875. The van der Waals surface area contributed by atoms with Crippen LogP contribution in [0.15, 0.2) is 24.3 Å². The Bertz CT molecular complexity index is 522. The standard InChI is InChI=1S/C24H48NO4P/c1-5-6-7-8-9-10-11-12-13-14-15-16-17-18-19-20-21-22-24(26,30(27,28)29)23-25(2,3)4/h9-10,18-19,26H,5-8,11-17,20-23H2,1-4H3,(H-,27,28,29)/p+1/b10-9-,19-18-. The second-order valence-corrected chi connectivity index (χ2v) is 11.6. The van der Waals surface area contributed by atoms with Crippen LogP contribution in [0.5, 0.6) is 0 Å². The number of unbranched alkanes of at least 4 members (excludes halogenated alkanes) is 10. The van der Waals surface area contributed by atoms with Gasteiger partial charge in [-0.3, -0.25) is 4.57 Å². The minimum atomic E-state index is -4.56. The van der Waals surface area contributed by atoms with Crippen molar-refractivity contribution in [1.82, 2.24) is 0 Å². The van der Waals surface area contributed by atoms with Crippen LogP contribution in [-0.2, 0) is 4.57 Å². The van der Waals surface area contributed by atoms with Gasteiger partial charge in [0.2, 0.25) is 5.34 Å². The summed E-state index contributed by atoms with van der Waals surface area (Å²) in [6.07, 6.45) is 24.1. The molecule has 0 aromatic heterocycles. The average Bonchev–Trinajstić information content (AvgIpc) is 2.62. The molecule has 5 nitrogen and oxygen atoms in total. The molecule has 0 aliphatic rings. The third-order valence-corrected chi connectivity index (χ3v) is 6.72. The molecule has 178 valence electrons. The van der Waals surface area contributed by atoms with Crippen molar-refractivity contribution < 1.29 is 23.9 Å². The van der Waals surface area contributed by atoms with E-state index in [9.17, 15) is 19.5 Å².